The number of nitrogens with zero attached hydrogens (tertiary/aromatic N) is 1. The maximum Gasteiger partial charge on any atom is 0.264 e. The molecule has 6 heteroatoms. The topological polar surface area (TPSA) is 66.5 Å². The summed E-state index contributed by atoms with van der Waals surface area (Å²) in [5.41, 5.74) is 4.07. The first-order valence-corrected chi connectivity index (χ1v) is 11.8. The highest BCUT2D eigenvalue weighted by atomic mass is 32.2. The Bertz CT molecular complexity index is 1210. The number of carbonyl (C=O) groups excluding carboxylic acids is 1. The van der Waals surface area contributed by atoms with E-state index < -0.39 is 10.0 Å². The molecule has 3 aromatic carbocycles. The van der Waals surface area contributed by atoms with Crippen LogP contribution in [0.5, 0.6) is 0 Å². The van der Waals surface area contributed by atoms with Gasteiger partial charge in [-0.15, -0.1) is 0 Å². The molecule has 0 radical (unpaired) electrons. The van der Waals surface area contributed by atoms with Gasteiger partial charge in [0.05, 0.1) is 16.6 Å². The van der Waals surface area contributed by atoms with Gasteiger partial charge in [-0.25, -0.2) is 8.42 Å². The zero-order valence-electron chi connectivity index (χ0n) is 17.9. The van der Waals surface area contributed by atoms with E-state index in [4.69, 9.17) is 0 Å². The monoisotopic (exact) mass is 434 g/mol. The van der Waals surface area contributed by atoms with Gasteiger partial charge in [0.2, 0.25) is 0 Å². The smallest absolute Gasteiger partial charge is 0.264 e. The van der Waals surface area contributed by atoms with Crippen LogP contribution in [0, 0.1) is 6.92 Å². The predicted octanol–water partition coefficient (Wildman–Crippen LogP) is 4.63. The van der Waals surface area contributed by atoms with Gasteiger partial charge in [0, 0.05) is 11.6 Å². The number of nitrogens with one attached hydrogen (secondary N) is 1. The summed E-state index contributed by atoms with van der Waals surface area (Å²) in [6.45, 7) is 5.76. The summed E-state index contributed by atoms with van der Waals surface area (Å²) in [4.78, 5) is 13.1. The van der Waals surface area contributed by atoms with Gasteiger partial charge in [-0.05, 0) is 68.7 Å². The van der Waals surface area contributed by atoms with Gasteiger partial charge in [0.15, 0.2) is 0 Å². The van der Waals surface area contributed by atoms with Gasteiger partial charge in [-0.1, -0.05) is 48.0 Å². The molecule has 0 fully saturated rings. The number of hydrogen-bond donors (Lipinski definition) is 1. The van der Waals surface area contributed by atoms with Crippen molar-refractivity contribution in [2.24, 2.45) is 0 Å². The Kier molecular flexibility index (Phi) is 5.58. The van der Waals surface area contributed by atoms with Crippen molar-refractivity contribution in [3.63, 3.8) is 0 Å². The van der Waals surface area contributed by atoms with E-state index in [1.54, 1.807) is 36.4 Å². The van der Waals surface area contributed by atoms with Crippen LogP contribution < -0.4 is 9.62 Å². The number of benzene rings is 3. The Morgan fingerprint density at radius 1 is 1.03 bits per heavy atom. The lowest BCUT2D eigenvalue weighted by atomic mass is 10.0. The molecule has 4 rings (SSSR count). The average molecular weight is 435 g/mol. The van der Waals surface area contributed by atoms with E-state index in [2.05, 4.69) is 5.32 Å². The summed E-state index contributed by atoms with van der Waals surface area (Å²) in [6, 6.07) is 21.6. The molecular weight excluding hydrogens is 408 g/mol. The van der Waals surface area contributed by atoms with Crippen LogP contribution in [0.4, 0.5) is 5.69 Å². The predicted molar refractivity (Wildman–Crippen MR) is 123 cm³/mol. The van der Waals surface area contributed by atoms with Crippen molar-refractivity contribution in [1.29, 1.82) is 0 Å². The fraction of sp³-hybridized carbons (Fsp3) is 0.240. The average Bonchev–Trinajstić information content (AvgIpc) is 3.10. The first-order chi connectivity index (χ1) is 14.8. The van der Waals surface area contributed by atoms with Crippen LogP contribution in [0.15, 0.2) is 77.7 Å². The van der Waals surface area contributed by atoms with Crippen LogP contribution in [0.25, 0.3) is 0 Å². The molecule has 1 aliphatic heterocycles. The third-order valence-corrected chi connectivity index (χ3v) is 7.66. The molecule has 0 saturated heterocycles. The van der Waals surface area contributed by atoms with Crippen molar-refractivity contribution >= 4 is 21.6 Å². The van der Waals surface area contributed by atoms with Gasteiger partial charge in [-0.2, -0.15) is 0 Å². The first kappa shape index (κ1) is 21.1. The SMILES string of the molecule is Cc1ccc(S(=O)(=O)N2c3ccc(C(=O)N[C@@H](C)c4ccccc4)cc3C[C@H]2C)cc1. The minimum Gasteiger partial charge on any atom is -0.346 e. The lowest BCUT2D eigenvalue weighted by Gasteiger charge is -2.24. The van der Waals surface area contributed by atoms with Crippen molar-refractivity contribution in [2.45, 2.75) is 44.2 Å². The Hall–Kier alpha value is -3.12. The molecule has 1 heterocycles. The van der Waals surface area contributed by atoms with Crippen LogP contribution in [0.2, 0.25) is 0 Å². The lowest BCUT2D eigenvalue weighted by molar-refractivity contribution is 0.0940. The van der Waals surface area contributed by atoms with E-state index >= 15 is 0 Å². The third kappa shape index (κ3) is 4.08. The second-order valence-electron chi connectivity index (χ2n) is 8.12. The second-order valence-corrected chi connectivity index (χ2v) is 9.93. The van der Waals surface area contributed by atoms with E-state index in [0.717, 1.165) is 16.7 Å². The molecule has 0 aliphatic carbocycles. The van der Waals surface area contributed by atoms with E-state index in [9.17, 15) is 13.2 Å². The summed E-state index contributed by atoms with van der Waals surface area (Å²) >= 11 is 0. The van der Waals surface area contributed by atoms with Crippen molar-refractivity contribution in [2.75, 3.05) is 4.31 Å². The van der Waals surface area contributed by atoms with Crippen LogP contribution >= 0.6 is 0 Å². The highest BCUT2D eigenvalue weighted by molar-refractivity contribution is 7.92. The zero-order valence-corrected chi connectivity index (χ0v) is 18.7. The van der Waals surface area contributed by atoms with Crippen molar-refractivity contribution in [1.82, 2.24) is 5.32 Å². The quantitative estimate of drug-likeness (QED) is 0.637. The minimum absolute atomic E-state index is 0.126. The van der Waals surface area contributed by atoms with Crippen molar-refractivity contribution < 1.29 is 13.2 Å². The van der Waals surface area contributed by atoms with Gasteiger partial charge >= 0.3 is 0 Å². The van der Waals surface area contributed by atoms with Gasteiger partial charge in [0.1, 0.15) is 0 Å². The Labute approximate surface area is 183 Å². The molecule has 0 aromatic heterocycles. The van der Waals surface area contributed by atoms with E-state index in [-0.39, 0.29) is 22.9 Å². The number of anilines is 1. The molecule has 0 bridgehead atoms. The second kappa shape index (κ2) is 8.19. The Morgan fingerprint density at radius 2 is 1.71 bits per heavy atom. The summed E-state index contributed by atoms with van der Waals surface area (Å²) in [7, 11) is -3.67. The van der Waals surface area contributed by atoms with Crippen molar-refractivity contribution in [3.05, 3.63) is 95.1 Å². The Balaban J connectivity index is 1.59. The molecule has 1 amide bonds. The molecule has 3 aromatic rings. The maximum absolute atomic E-state index is 13.3. The van der Waals surface area contributed by atoms with Gasteiger partial charge in [-0.3, -0.25) is 9.10 Å². The minimum atomic E-state index is -3.67. The number of rotatable bonds is 5. The van der Waals surface area contributed by atoms with Gasteiger partial charge in [0.25, 0.3) is 15.9 Å². The summed E-state index contributed by atoms with van der Waals surface area (Å²) in [5.74, 6) is -0.174. The van der Waals surface area contributed by atoms with Crippen LogP contribution in [0.1, 0.15) is 46.9 Å². The van der Waals surface area contributed by atoms with E-state index in [0.29, 0.717) is 17.7 Å². The molecule has 0 saturated carbocycles. The molecule has 1 aliphatic rings. The molecule has 0 unspecified atom stereocenters. The van der Waals surface area contributed by atoms with E-state index in [1.807, 2.05) is 57.2 Å². The summed E-state index contributed by atoms with van der Waals surface area (Å²) < 4.78 is 28.0. The number of fused-ring (bicyclic) bond motifs is 1. The molecule has 2 atom stereocenters. The molecule has 0 spiro atoms. The molecule has 31 heavy (non-hydrogen) atoms. The Morgan fingerprint density at radius 3 is 2.39 bits per heavy atom. The normalized spacial score (nSPS) is 16.6. The largest absolute Gasteiger partial charge is 0.346 e. The molecule has 1 N–H and O–H groups in total. The molecular formula is C25H26N2O3S. The number of amides is 1. The first-order valence-electron chi connectivity index (χ1n) is 10.4. The lowest BCUT2D eigenvalue weighted by Crippen LogP contribution is -2.35. The molecule has 160 valence electrons. The fourth-order valence-corrected chi connectivity index (χ4v) is 5.73. The number of sulfonamides is 1. The van der Waals surface area contributed by atoms with E-state index in [1.165, 1.54) is 4.31 Å². The zero-order chi connectivity index (χ0) is 22.2. The number of aryl methyl sites for hydroxylation is 1. The highest BCUT2D eigenvalue weighted by Gasteiger charge is 2.36. The third-order valence-electron chi connectivity index (χ3n) is 5.72. The number of hydrogen-bond acceptors (Lipinski definition) is 3. The van der Waals surface area contributed by atoms with Crippen LogP contribution in [-0.4, -0.2) is 20.4 Å². The highest BCUT2D eigenvalue weighted by Crippen LogP contribution is 2.37. The number of carbonyl (C=O) groups is 1. The van der Waals surface area contributed by atoms with Crippen LogP contribution in [0.3, 0.4) is 0 Å². The van der Waals surface area contributed by atoms with Crippen molar-refractivity contribution in [3.8, 4) is 0 Å². The van der Waals surface area contributed by atoms with Gasteiger partial charge < -0.3 is 5.32 Å². The summed E-state index contributed by atoms with van der Waals surface area (Å²) in [6.07, 6.45) is 0.565. The fourth-order valence-electron chi connectivity index (χ4n) is 4.04. The standard InChI is InChI=1S/C25H26N2O3S/c1-17-9-12-23(13-10-17)31(29,30)27-18(2)15-22-16-21(11-14-24(22)27)25(28)26-19(3)20-7-5-4-6-8-20/h4-14,16,18-19H,15H2,1-3H3,(H,26,28)/t18-,19+/m1/s1. The summed E-state index contributed by atoms with van der Waals surface area (Å²) in [5, 5.41) is 3.02. The maximum atomic E-state index is 13.3. The van der Waals surface area contributed by atoms with Crippen LogP contribution in [-0.2, 0) is 16.4 Å². The molecule has 5 nitrogen and oxygen atoms in total.